The summed E-state index contributed by atoms with van der Waals surface area (Å²) in [6.07, 6.45) is 3.44. The number of hydrogen-bond donors (Lipinski definition) is 1. The summed E-state index contributed by atoms with van der Waals surface area (Å²) < 4.78 is 5.54. The van der Waals surface area contributed by atoms with Crippen LogP contribution in [0, 0.1) is 5.92 Å². The normalized spacial score (nSPS) is 29.1. The molecule has 0 saturated carbocycles. The van der Waals surface area contributed by atoms with Crippen molar-refractivity contribution < 1.29 is 9.53 Å². The molecule has 0 bridgehead atoms. The van der Waals surface area contributed by atoms with E-state index in [2.05, 4.69) is 13.8 Å². The van der Waals surface area contributed by atoms with E-state index in [4.69, 9.17) is 10.5 Å². The van der Waals surface area contributed by atoms with Crippen molar-refractivity contribution in [2.75, 3.05) is 6.54 Å². The van der Waals surface area contributed by atoms with Crippen LogP contribution >= 0.6 is 0 Å². The lowest BCUT2D eigenvalue weighted by Crippen LogP contribution is -2.26. The van der Waals surface area contributed by atoms with Gasteiger partial charge in [0.15, 0.2) is 5.78 Å². The summed E-state index contributed by atoms with van der Waals surface area (Å²) in [6.45, 7) is 4.75. The number of nitrogens with two attached hydrogens (primary N) is 1. The van der Waals surface area contributed by atoms with Gasteiger partial charge in [0.25, 0.3) is 0 Å². The van der Waals surface area contributed by atoms with Crippen LogP contribution in [0.5, 0.6) is 0 Å². The van der Waals surface area contributed by atoms with E-state index in [0.29, 0.717) is 18.9 Å². The fraction of sp³-hybridized carbons (Fsp3) is 0.909. The molecule has 3 unspecified atom stereocenters. The molecule has 1 aliphatic rings. The molecule has 0 aromatic heterocycles. The molecule has 0 aliphatic carbocycles. The number of ether oxygens (including phenoxy) is 1. The van der Waals surface area contributed by atoms with Crippen LogP contribution < -0.4 is 5.73 Å². The molecular weight excluding hydrogens is 178 g/mol. The predicted molar refractivity (Wildman–Crippen MR) is 56.0 cm³/mol. The van der Waals surface area contributed by atoms with E-state index < -0.39 is 0 Å². The zero-order chi connectivity index (χ0) is 10.6. The third-order valence-electron chi connectivity index (χ3n) is 2.98. The summed E-state index contributed by atoms with van der Waals surface area (Å²) in [5, 5.41) is 0. The first kappa shape index (κ1) is 11.7. The Morgan fingerprint density at radius 3 is 2.79 bits per heavy atom. The second-order valence-electron chi connectivity index (χ2n) is 4.24. The predicted octanol–water partition coefficient (Wildman–Crippen LogP) is 1.50. The van der Waals surface area contributed by atoms with Crippen molar-refractivity contribution in [3.63, 3.8) is 0 Å². The Kier molecular flexibility index (Phi) is 4.55. The van der Waals surface area contributed by atoms with Gasteiger partial charge in [-0.2, -0.15) is 0 Å². The summed E-state index contributed by atoms with van der Waals surface area (Å²) in [4.78, 5) is 11.7. The minimum Gasteiger partial charge on any atom is -0.366 e. The van der Waals surface area contributed by atoms with Crippen molar-refractivity contribution in [1.82, 2.24) is 0 Å². The van der Waals surface area contributed by atoms with Gasteiger partial charge in [-0.3, -0.25) is 4.79 Å². The molecule has 14 heavy (non-hydrogen) atoms. The zero-order valence-electron chi connectivity index (χ0n) is 9.16. The van der Waals surface area contributed by atoms with Crippen LogP contribution in [0.3, 0.4) is 0 Å². The summed E-state index contributed by atoms with van der Waals surface area (Å²) in [5.41, 5.74) is 5.49. The summed E-state index contributed by atoms with van der Waals surface area (Å²) in [7, 11) is 0. The molecule has 0 aromatic rings. The van der Waals surface area contributed by atoms with E-state index in [1.807, 2.05) is 0 Å². The quantitative estimate of drug-likeness (QED) is 0.730. The molecule has 0 radical (unpaired) electrons. The van der Waals surface area contributed by atoms with Crippen molar-refractivity contribution in [3.8, 4) is 0 Å². The molecular formula is C11H21NO2. The van der Waals surface area contributed by atoms with Gasteiger partial charge in [0, 0.05) is 13.0 Å². The van der Waals surface area contributed by atoms with Crippen LogP contribution in [0.25, 0.3) is 0 Å². The van der Waals surface area contributed by atoms with Gasteiger partial charge in [-0.05, 0) is 18.8 Å². The van der Waals surface area contributed by atoms with Crippen LogP contribution in [0.15, 0.2) is 0 Å². The Balaban J connectivity index is 2.32. The summed E-state index contributed by atoms with van der Waals surface area (Å²) >= 11 is 0. The largest absolute Gasteiger partial charge is 0.366 e. The molecule has 0 amide bonds. The molecule has 1 rings (SSSR count). The van der Waals surface area contributed by atoms with Crippen molar-refractivity contribution in [1.29, 1.82) is 0 Å². The van der Waals surface area contributed by atoms with E-state index in [-0.39, 0.29) is 18.0 Å². The minimum atomic E-state index is -0.169. The third kappa shape index (κ3) is 3.07. The first-order valence-electron chi connectivity index (χ1n) is 5.55. The van der Waals surface area contributed by atoms with Crippen LogP contribution in [-0.4, -0.2) is 24.5 Å². The maximum Gasteiger partial charge on any atom is 0.161 e. The van der Waals surface area contributed by atoms with Crippen molar-refractivity contribution >= 4 is 5.78 Å². The second kappa shape index (κ2) is 5.47. The Morgan fingerprint density at radius 2 is 2.29 bits per heavy atom. The van der Waals surface area contributed by atoms with Gasteiger partial charge in [-0.1, -0.05) is 20.3 Å². The van der Waals surface area contributed by atoms with Crippen LogP contribution in [-0.2, 0) is 9.53 Å². The molecule has 3 heteroatoms. The monoisotopic (exact) mass is 199 g/mol. The highest BCUT2D eigenvalue weighted by atomic mass is 16.5. The van der Waals surface area contributed by atoms with E-state index in [9.17, 15) is 4.79 Å². The fourth-order valence-electron chi connectivity index (χ4n) is 1.74. The van der Waals surface area contributed by atoms with Gasteiger partial charge in [0.2, 0.25) is 0 Å². The summed E-state index contributed by atoms with van der Waals surface area (Å²) in [5.74, 6) is 0.735. The molecule has 82 valence electrons. The molecule has 1 heterocycles. The molecule has 2 N–H and O–H groups in total. The Bertz CT molecular complexity index is 194. The number of carbonyl (C=O) groups is 1. The Morgan fingerprint density at radius 1 is 1.57 bits per heavy atom. The molecule has 1 aliphatic heterocycles. The Hall–Kier alpha value is -0.410. The topological polar surface area (TPSA) is 52.3 Å². The maximum absolute atomic E-state index is 11.7. The molecule has 0 aromatic carbocycles. The SMILES string of the molecule is CCC(C)CC(=O)C1CCC(CN)O1. The van der Waals surface area contributed by atoms with Crippen molar-refractivity contribution in [3.05, 3.63) is 0 Å². The first-order valence-corrected chi connectivity index (χ1v) is 5.55. The summed E-state index contributed by atoms with van der Waals surface area (Å²) in [6, 6.07) is 0. The fourth-order valence-corrected chi connectivity index (χ4v) is 1.74. The zero-order valence-corrected chi connectivity index (χ0v) is 9.16. The lowest BCUT2D eigenvalue weighted by molar-refractivity contribution is -0.130. The molecule has 3 atom stereocenters. The molecule has 3 nitrogen and oxygen atoms in total. The van der Waals surface area contributed by atoms with E-state index in [0.717, 1.165) is 19.3 Å². The first-order chi connectivity index (χ1) is 6.67. The van der Waals surface area contributed by atoms with Gasteiger partial charge >= 0.3 is 0 Å². The molecule has 0 spiro atoms. The maximum atomic E-state index is 11.7. The smallest absolute Gasteiger partial charge is 0.161 e. The number of rotatable bonds is 5. The highest BCUT2D eigenvalue weighted by Crippen LogP contribution is 2.22. The van der Waals surface area contributed by atoms with Gasteiger partial charge in [0.1, 0.15) is 6.10 Å². The minimum absolute atomic E-state index is 0.112. The Labute approximate surface area is 86.0 Å². The van der Waals surface area contributed by atoms with Crippen LogP contribution in [0.2, 0.25) is 0 Å². The van der Waals surface area contributed by atoms with Crippen molar-refractivity contribution in [2.45, 2.75) is 51.7 Å². The van der Waals surface area contributed by atoms with E-state index in [1.165, 1.54) is 0 Å². The number of hydrogen-bond acceptors (Lipinski definition) is 3. The van der Waals surface area contributed by atoms with E-state index in [1.54, 1.807) is 0 Å². The lowest BCUT2D eigenvalue weighted by atomic mass is 9.98. The average Bonchev–Trinajstić information content (AvgIpc) is 2.65. The second-order valence-corrected chi connectivity index (χ2v) is 4.24. The average molecular weight is 199 g/mol. The van der Waals surface area contributed by atoms with Gasteiger partial charge in [-0.25, -0.2) is 0 Å². The number of carbonyl (C=O) groups excluding carboxylic acids is 1. The molecule has 1 saturated heterocycles. The lowest BCUT2D eigenvalue weighted by Gasteiger charge is -2.13. The number of ketones is 1. The number of Topliss-reactive ketones (excluding diaryl/α,β-unsaturated/α-hetero) is 1. The van der Waals surface area contributed by atoms with Gasteiger partial charge in [0.05, 0.1) is 6.10 Å². The third-order valence-corrected chi connectivity index (χ3v) is 2.98. The van der Waals surface area contributed by atoms with Gasteiger partial charge in [-0.15, -0.1) is 0 Å². The van der Waals surface area contributed by atoms with Crippen molar-refractivity contribution in [2.24, 2.45) is 11.7 Å². The van der Waals surface area contributed by atoms with Crippen LogP contribution in [0.4, 0.5) is 0 Å². The van der Waals surface area contributed by atoms with Gasteiger partial charge < -0.3 is 10.5 Å². The highest BCUT2D eigenvalue weighted by molar-refractivity contribution is 5.83. The van der Waals surface area contributed by atoms with E-state index >= 15 is 0 Å². The highest BCUT2D eigenvalue weighted by Gasteiger charge is 2.29. The standard InChI is InChI=1S/C11H21NO2/c1-3-8(2)6-10(13)11-5-4-9(7-12)14-11/h8-9,11H,3-7,12H2,1-2H3. The molecule has 1 fully saturated rings. The van der Waals surface area contributed by atoms with Crippen LogP contribution in [0.1, 0.15) is 39.5 Å².